The molecule has 0 radical (unpaired) electrons. The molecular weight excluding hydrogens is 278 g/mol. The summed E-state index contributed by atoms with van der Waals surface area (Å²) in [4.78, 5) is 27.4. The van der Waals surface area contributed by atoms with Gasteiger partial charge in [0, 0.05) is 12.1 Å². The van der Waals surface area contributed by atoms with Gasteiger partial charge in [0.05, 0.1) is 5.56 Å². The zero-order chi connectivity index (χ0) is 15.7. The molecule has 0 saturated carbocycles. The van der Waals surface area contributed by atoms with Crippen LogP contribution in [0.3, 0.4) is 0 Å². The lowest BCUT2D eigenvalue weighted by Gasteiger charge is -2.27. The maximum atomic E-state index is 12.4. The molecule has 1 aromatic heterocycles. The Bertz CT molecular complexity index is 775. The van der Waals surface area contributed by atoms with Crippen molar-refractivity contribution in [3.63, 3.8) is 0 Å². The van der Waals surface area contributed by atoms with Gasteiger partial charge in [-0.05, 0) is 38.7 Å². The van der Waals surface area contributed by atoms with Gasteiger partial charge in [0.2, 0.25) is 0 Å². The van der Waals surface area contributed by atoms with E-state index in [1.807, 2.05) is 32.0 Å². The fourth-order valence-electron chi connectivity index (χ4n) is 3.06. The molecule has 3 rings (SSSR count). The van der Waals surface area contributed by atoms with E-state index in [2.05, 4.69) is 22.4 Å². The Morgan fingerprint density at radius 2 is 1.95 bits per heavy atom. The highest BCUT2D eigenvalue weighted by molar-refractivity contribution is 5.46. The normalized spacial score (nSPS) is 17.1. The second-order valence-electron chi connectivity index (χ2n) is 6.12. The summed E-state index contributed by atoms with van der Waals surface area (Å²) in [6.45, 7) is 3.69. The molecule has 22 heavy (non-hydrogen) atoms. The lowest BCUT2D eigenvalue weighted by molar-refractivity contribution is 0.528. The number of nitrogens with one attached hydrogen (secondary N) is 2. The highest BCUT2D eigenvalue weighted by Crippen LogP contribution is 2.21. The molecule has 2 aromatic rings. The van der Waals surface area contributed by atoms with Gasteiger partial charge < -0.3 is 5.32 Å². The summed E-state index contributed by atoms with van der Waals surface area (Å²) in [6, 6.07) is 10.3. The Morgan fingerprint density at radius 1 is 1.23 bits per heavy atom. The summed E-state index contributed by atoms with van der Waals surface area (Å²) in [6.07, 6.45) is 2.47. The number of aromatic amines is 1. The third kappa shape index (κ3) is 2.71. The molecule has 0 amide bonds. The van der Waals surface area contributed by atoms with Crippen LogP contribution in [-0.4, -0.2) is 15.6 Å². The topological polar surface area (TPSA) is 66.9 Å². The predicted octanol–water partition coefficient (Wildman–Crippen LogP) is 2.09. The van der Waals surface area contributed by atoms with Gasteiger partial charge in [-0.3, -0.25) is 14.3 Å². The second-order valence-corrected chi connectivity index (χ2v) is 6.12. The zero-order valence-electron chi connectivity index (χ0n) is 12.9. The number of hydrogen-bond acceptors (Lipinski definition) is 3. The number of benzene rings is 1. The number of nitrogens with zero attached hydrogens (tertiary/aromatic N) is 1. The summed E-state index contributed by atoms with van der Waals surface area (Å²) in [5.41, 5.74) is 1.44. The minimum absolute atomic E-state index is 0.136. The van der Waals surface area contributed by atoms with Gasteiger partial charge in [-0.1, -0.05) is 30.3 Å². The van der Waals surface area contributed by atoms with E-state index in [4.69, 9.17) is 0 Å². The van der Waals surface area contributed by atoms with Crippen LogP contribution in [0.4, 0.5) is 5.82 Å². The van der Waals surface area contributed by atoms with Crippen molar-refractivity contribution in [1.82, 2.24) is 9.55 Å². The van der Waals surface area contributed by atoms with Crippen LogP contribution in [0, 0.1) is 0 Å². The number of aromatic nitrogens is 2. The van der Waals surface area contributed by atoms with Crippen LogP contribution in [0.1, 0.15) is 37.4 Å². The molecule has 116 valence electrons. The van der Waals surface area contributed by atoms with Crippen molar-refractivity contribution in [1.29, 1.82) is 0 Å². The van der Waals surface area contributed by atoms with Gasteiger partial charge in [-0.15, -0.1) is 0 Å². The van der Waals surface area contributed by atoms with Crippen molar-refractivity contribution in [2.24, 2.45) is 0 Å². The van der Waals surface area contributed by atoms with E-state index in [0.717, 1.165) is 12.8 Å². The molecule has 1 aliphatic rings. The van der Waals surface area contributed by atoms with Crippen LogP contribution >= 0.6 is 0 Å². The minimum Gasteiger partial charge on any atom is -0.368 e. The van der Waals surface area contributed by atoms with Crippen molar-refractivity contribution < 1.29 is 0 Å². The van der Waals surface area contributed by atoms with Crippen molar-refractivity contribution in [2.45, 2.75) is 45.2 Å². The van der Waals surface area contributed by atoms with E-state index >= 15 is 0 Å². The van der Waals surface area contributed by atoms with Gasteiger partial charge in [-0.25, -0.2) is 4.79 Å². The molecule has 1 aromatic carbocycles. The highest BCUT2D eigenvalue weighted by atomic mass is 16.2. The van der Waals surface area contributed by atoms with Crippen molar-refractivity contribution in [3.05, 3.63) is 62.3 Å². The summed E-state index contributed by atoms with van der Waals surface area (Å²) in [7, 11) is 0. The monoisotopic (exact) mass is 299 g/mol. The number of H-pyrrole nitrogens is 1. The highest BCUT2D eigenvalue weighted by Gasteiger charge is 2.23. The fraction of sp³-hybridized carbons (Fsp3) is 0.412. The summed E-state index contributed by atoms with van der Waals surface area (Å²) < 4.78 is 1.29. The molecule has 0 bridgehead atoms. The third-order valence-corrected chi connectivity index (χ3v) is 4.16. The first-order valence-electron chi connectivity index (χ1n) is 7.74. The molecule has 5 nitrogen and oxygen atoms in total. The average Bonchev–Trinajstić information content (AvgIpc) is 2.47. The molecule has 0 unspecified atom stereocenters. The number of hydrogen-bond donors (Lipinski definition) is 2. The first-order valence-corrected chi connectivity index (χ1v) is 7.74. The van der Waals surface area contributed by atoms with Crippen LogP contribution in [0.15, 0.2) is 39.9 Å². The van der Waals surface area contributed by atoms with Crippen LogP contribution < -0.4 is 16.6 Å². The Balaban J connectivity index is 1.88. The number of fused-ring (bicyclic) bond motifs is 1. The molecule has 0 aliphatic carbocycles. The minimum atomic E-state index is -0.341. The predicted molar refractivity (Wildman–Crippen MR) is 87.6 cm³/mol. The molecular formula is C17H21N3O2. The molecule has 0 spiro atoms. The molecule has 0 fully saturated rings. The van der Waals surface area contributed by atoms with E-state index in [9.17, 15) is 9.59 Å². The molecule has 5 heteroatoms. The Hall–Kier alpha value is -2.30. The van der Waals surface area contributed by atoms with Crippen LogP contribution in [0.5, 0.6) is 0 Å². The first kappa shape index (κ1) is 14.6. The Labute approximate surface area is 129 Å². The lowest BCUT2D eigenvalue weighted by atomic mass is 9.96. The second kappa shape index (κ2) is 5.83. The summed E-state index contributed by atoms with van der Waals surface area (Å²) >= 11 is 0. The van der Waals surface area contributed by atoms with E-state index in [0.29, 0.717) is 17.8 Å². The number of rotatable bonds is 3. The van der Waals surface area contributed by atoms with Gasteiger partial charge in [0.1, 0.15) is 5.82 Å². The maximum Gasteiger partial charge on any atom is 0.330 e. The average molecular weight is 299 g/mol. The summed E-state index contributed by atoms with van der Waals surface area (Å²) in [5.74, 6) is 0.596. The zero-order valence-corrected chi connectivity index (χ0v) is 12.9. The molecule has 0 saturated heterocycles. The van der Waals surface area contributed by atoms with Crippen molar-refractivity contribution >= 4 is 5.82 Å². The maximum absolute atomic E-state index is 12.4. The van der Waals surface area contributed by atoms with E-state index in [1.54, 1.807) is 0 Å². The molecule has 1 atom stereocenters. The van der Waals surface area contributed by atoms with Crippen LogP contribution in [0.2, 0.25) is 0 Å². The Morgan fingerprint density at radius 3 is 2.64 bits per heavy atom. The summed E-state index contributed by atoms with van der Waals surface area (Å²) in [5, 5.41) is 3.32. The molecule has 1 aliphatic heterocycles. The largest absolute Gasteiger partial charge is 0.368 e. The van der Waals surface area contributed by atoms with Gasteiger partial charge in [0.15, 0.2) is 0 Å². The Kier molecular flexibility index (Phi) is 3.88. The van der Waals surface area contributed by atoms with Crippen LogP contribution in [0.25, 0.3) is 0 Å². The first-order chi connectivity index (χ1) is 10.6. The standard InChI is InChI=1S/C17H21N3O2/c1-11(2)20-16(21)14-9-8-13(18-15(14)19-17(20)22)10-12-6-4-3-5-7-12/h3-7,11,13,18H,8-10H2,1-2H3,(H,19,22)/t13-/m1/s1. The quantitative estimate of drug-likeness (QED) is 0.912. The van der Waals surface area contributed by atoms with Gasteiger partial charge in [-0.2, -0.15) is 0 Å². The van der Waals surface area contributed by atoms with E-state index < -0.39 is 0 Å². The van der Waals surface area contributed by atoms with Crippen molar-refractivity contribution in [2.75, 3.05) is 5.32 Å². The molecule has 2 heterocycles. The van der Waals surface area contributed by atoms with E-state index in [-0.39, 0.29) is 23.3 Å². The van der Waals surface area contributed by atoms with Gasteiger partial charge in [0.25, 0.3) is 5.56 Å². The SMILES string of the molecule is CC(C)n1c(=O)[nH]c2c(c1=O)CC[C@H](Cc1ccccc1)N2. The van der Waals surface area contributed by atoms with Gasteiger partial charge >= 0.3 is 5.69 Å². The fourth-order valence-corrected chi connectivity index (χ4v) is 3.06. The third-order valence-electron chi connectivity index (χ3n) is 4.16. The number of anilines is 1. The van der Waals surface area contributed by atoms with E-state index in [1.165, 1.54) is 10.1 Å². The smallest absolute Gasteiger partial charge is 0.330 e. The molecule has 2 N–H and O–H groups in total. The van der Waals surface area contributed by atoms with Crippen molar-refractivity contribution in [3.8, 4) is 0 Å². The lowest BCUT2D eigenvalue weighted by Crippen LogP contribution is -2.42. The van der Waals surface area contributed by atoms with Crippen LogP contribution in [-0.2, 0) is 12.8 Å².